The van der Waals surface area contributed by atoms with Crippen LogP contribution >= 0.6 is 11.6 Å². The highest BCUT2D eigenvalue weighted by molar-refractivity contribution is 6.30. The molecular formula is C20H20ClN5O3. The fourth-order valence-electron chi connectivity index (χ4n) is 2.54. The van der Waals surface area contributed by atoms with Gasteiger partial charge in [-0.2, -0.15) is 0 Å². The minimum atomic E-state index is -0.530. The van der Waals surface area contributed by atoms with Crippen LogP contribution in [0.2, 0.25) is 5.02 Å². The lowest BCUT2D eigenvalue weighted by atomic mass is 10.3. The molecular weight excluding hydrogens is 394 g/mol. The Morgan fingerprint density at radius 3 is 2.38 bits per heavy atom. The van der Waals surface area contributed by atoms with E-state index in [4.69, 9.17) is 16.3 Å². The van der Waals surface area contributed by atoms with Crippen LogP contribution in [-0.4, -0.2) is 21.5 Å². The minimum Gasteiger partial charge on any atom is -0.494 e. The zero-order chi connectivity index (χ0) is 20.6. The number of nitro groups is 1. The molecule has 1 heterocycles. The van der Waals surface area contributed by atoms with Crippen LogP contribution in [0, 0.1) is 10.1 Å². The maximum atomic E-state index is 11.7. The largest absolute Gasteiger partial charge is 0.494 e. The third kappa shape index (κ3) is 5.55. The fraction of sp³-hybridized carbons (Fsp3) is 0.200. The third-order valence-corrected chi connectivity index (χ3v) is 4.21. The average Bonchev–Trinajstić information content (AvgIpc) is 2.69. The molecule has 0 spiro atoms. The van der Waals surface area contributed by atoms with Gasteiger partial charge >= 0.3 is 5.69 Å². The standard InChI is InChI=1S/C20H20ClN5O3/c1-2-3-11-29-17-9-7-15(8-10-17)24-19-18(26(27)28)20(23-13-22-19)25-16-6-4-5-14(21)12-16/h4-10,12-13H,2-3,11H2,1H3,(H2,22,23,24,25). The number of ether oxygens (including phenoxy) is 1. The number of hydrogen-bond donors (Lipinski definition) is 2. The van der Waals surface area contributed by atoms with Gasteiger partial charge in [0.25, 0.3) is 0 Å². The first-order valence-corrected chi connectivity index (χ1v) is 9.46. The zero-order valence-corrected chi connectivity index (χ0v) is 16.5. The number of nitrogens with one attached hydrogen (secondary N) is 2. The van der Waals surface area contributed by atoms with E-state index in [0.717, 1.165) is 18.6 Å². The van der Waals surface area contributed by atoms with Crippen LogP contribution in [0.5, 0.6) is 5.75 Å². The van der Waals surface area contributed by atoms with Gasteiger partial charge < -0.3 is 15.4 Å². The van der Waals surface area contributed by atoms with Gasteiger partial charge in [0.05, 0.1) is 11.5 Å². The summed E-state index contributed by atoms with van der Waals surface area (Å²) < 4.78 is 5.63. The lowest BCUT2D eigenvalue weighted by Gasteiger charge is -2.11. The Balaban J connectivity index is 1.81. The number of benzene rings is 2. The summed E-state index contributed by atoms with van der Waals surface area (Å²) in [6.07, 6.45) is 3.29. The average molecular weight is 414 g/mol. The summed E-state index contributed by atoms with van der Waals surface area (Å²) >= 11 is 5.98. The Labute approximate surface area is 173 Å². The van der Waals surface area contributed by atoms with Crippen LogP contribution in [0.1, 0.15) is 19.8 Å². The van der Waals surface area contributed by atoms with E-state index in [1.54, 1.807) is 48.5 Å². The predicted molar refractivity (Wildman–Crippen MR) is 114 cm³/mol. The van der Waals surface area contributed by atoms with E-state index in [1.165, 1.54) is 6.33 Å². The highest BCUT2D eigenvalue weighted by atomic mass is 35.5. The second-order valence-corrected chi connectivity index (χ2v) is 6.60. The Hall–Kier alpha value is -3.39. The van der Waals surface area contributed by atoms with Gasteiger partial charge in [-0.15, -0.1) is 0 Å². The number of rotatable bonds is 9. The molecule has 0 amide bonds. The van der Waals surface area contributed by atoms with Gasteiger partial charge in [0.1, 0.15) is 12.1 Å². The van der Waals surface area contributed by atoms with Gasteiger partial charge in [-0.25, -0.2) is 9.97 Å². The smallest absolute Gasteiger partial charge is 0.353 e. The number of hydrogen-bond acceptors (Lipinski definition) is 7. The molecule has 2 aromatic carbocycles. The monoisotopic (exact) mass is 413 g/mol. The Morgan fingerprint density at radius 2 is 1.76 bits per heavy atom. The highest BCUT2D eigenvalue weighted by Gasteiger charge is 2.23. The van der Waals surface area contributed by atoms with Crippen molar-refractivity contribution in [3.63, 3.8) is 0 Å². The van der Waals surface area contributed by atoms with Crippen molar-refractivity contribution >= 4 is 40.3 Å². The molecule has 0 aliphatic heterocycles. The molecule has 0 aliphatic rings. The van der Waals surface area contributed by atoms with Crippen molar-refractivity contribution in [2.24, 2.45) is 0 Å². The molecule has 0 fully saturated rings. The van der Waals surface area contributed by atoms with Gasteiger partial charge in [-0.05, 0) is 48.9 Å². The van der Waals surface area contributed by atoms with Gasteiger partial charge in [0.15, 0.2) is 0 Å². The van der Waals surface area contributed by atoms with E-state index in [9.17, 15) is 10.1 Å². The van der Waals surface area contributed by atoms with E-state index in [2.05, 4.69) is 27.5 Å². The van der Waals surface area contributed by atoms with Gasteiger partial charge in [-0.3, -0.25) is 10.1 Å². The third-order valence-electron chi connectivity index (χ3n) is 3.98. The topological polar surface area (TPSA) is 102 Å². The number of nitrogens with zero attached hydrogens (tertiary/aromatic N) is 3. The molecule has 29 heavy (non-hydrogen) atoms. The lowest BCUT2D eigenvalue weighted by Crippen LogP contribution is -2.05. The number of unbranched alkanes of at least 4 members (excludes halogenated alkanes) is 1. The normalized spacial score (nSPS) is 10.4. The number of aromatic nitrogens is 2. The van der Waals surface area contributed by atoms with Gasteiger partial charge in [-0.1, -0.05) is 31.0 Å². The van der Waals surface area contributed by atoms with Crippen LogP contribution < -0.4 is 15.4 Å². The first-order valence-electron chi connectivity index (χ1n) is 9.08. The summed E-state index contributed by atoms with van der Waals surface area (Å²) in [6.45, 7) is 2.75. The van der Waals surface area contributed by atoms with Gasteiger partial charge in [0.2, 0.25) is 11.6 Å². The Kier molecular flexibility index (Phi) is 6.80. The second kappa shape index (κ2) is 9.70. The Morgan fingerprint density at radius 1 is 1.07 bits per heavy atom. The van der Waals surface area contributed by atoms with Crippen molar-refractivity contribution < 1.29 is 9.66 Å². The molecule has 150 valence electrons. The number of halogens is 1. The van der Waals surface area contributed by atoms with Crippen molar-refractivity contribution in [3.05, 3.63) is 70.0 Å². The van der Waals surface area contributed by atoms with Crippen molar-refractivity contribution in [1.82, 2.24) is 9.97 Å². The van der Waals surface area contributed by atoms with Crippen molar-refractivity contribution in [1.29, 1.82) is 0 Å². The molecule has 3 aromatic rings. The van der Waals surface area contributed by atoms with Crippen LogP contribution in [0.15, 0.2) is 54.9 Å². The van der Waals surface area contributed by atoms with Gasteiger partial charge in [0, 0.05) is 16.4 Å². The van der Waals surface area contributed by atoms with E-state index in [0.29, 0.717) is 23.0 Å². The van der Waals surface area contributed by atoms with Crippen molar-refractivity contribution in [3.8, 4) is 5.75 Å². The fourth-order valence-corrected chi connectivity index (χ4v) is 2.73. The summed E-state index contributed by atoms with van der Waals surface area (Å²) in [5, 5.41) is 18.1. The molecule has 0 saturated carbocycles. The van der Waals surface area contributed by atoms with E-state index < -0.39 is 4.92 Å². The predicted octanol–water partition coefficient (Wildman–Crippen LogP) is 5.70. The van der Waals surface area contributed by atoms with E-state index >= 15 is 0 Å². The maximum absolute atomic E-state index is 11.7. The van der Waals surface area contributed by atoms with Crippen LogP contribution in [0.3, 0.4) is 0 Å². The molecule has 0 aliphatic carbocycles. The minimum absolute atomic E-state index is 0.0642. The molecule has 0 radical (unpaired) electrons. The molecule has 8 nitrogen and oxygen atoms in total. The van der Waals surface area contributed by atoms with Crippen LogP contribution in [0.4, 0.5) is 28.7 Å². The van der Waals surface area contributed by atoms with Crippen molar-refractivity contribution in [2.45, 2.75) is 19.8 Å². The molecule has 0 saturated heterocycles. The Bertz CT molecular complexity index is 982. The molecule has 0 unspecified atom stereocenters. The van der Waals surface area contributed by atoms with E-state index in [-0.39, 0.29) is 17.3 Å². The molecule has 3 rings (SSSR count). The van der Waals surface area contributed by atoms with Crippen molar-refractivity contribution in [2.75, 3.05) is 17.2 Å². The summed E-state index contributed by atoms with van der Waals surface area (Å²) in [4.78, 5) is 19.2. The molecule has 0 atom stereocenters. The first-order chi connectivity index (χ1) is 14.1. The quantitative estimate of drug-likeness (QED) is 0.263. The van der Waals surface area contributed by atoms with Crippen LogP contribution in [0.25, 0.3) is 0 Å². The highest BCUT2D eigenvalue weighted by Crippen LogP contribution is 2.33. The SMILES string of the molecule is CCCCOc1ccc(Nc2ncnc(Nc3cccc(Cl)c3)c2[N+](=O)[O-])cc1. The second-order valence-electron chi connectivity index (χ2n) is 6.16. The lowest BCUT2D eigenvalue weighted by molar-refractivity contribution is -0.383. The number of anilines is 4. The molecule has 1 aromatic heterocycles. The van der Waals surface area contributed by atoms with Crippen LogP contribution in [-0.2, 0) is 0 Å². The van der Waals surface area contributed by atoms with E-state index in [1.807, 2.05) is 0 Å². The molecule has 0 bridgehead atoms. The molecule has 9 heteroatoms. The maximum Gasteiger partial charge on any atom is 0.353 e. The summed E-state index contributed by atoms with van der Waals surface area (Å²) in [5.74, 6) is 0.882. The summed E-state index contributed by atoms with van der Waals surface area (Å²) in [5.41, 5.74) is 0.956. The zero-order valence-electron chi connectivity index (χ0n) is 15.8. The molecule has 2 N–H and O–H groups in total. The summed E-state index contributed by atoms with van der Waals surface area (Å²) in [6, 6.07) is 14.0. The summed E-state index contributed by atoms with van der Waals surface area (Å²) in [7, 11) is 0. The first kappa shape index (κ1) is 20.3.